The number of aryl methyl sites for hydroxylation is 1. The topological polar surface area (TPSA) is 64.7 Å². The Bertz CT molecular complexity index is 917. The van der Waals surface area contributed by atoms with Gasteiger partial charge in [0.05, 0.1) is 13.2 Å². The molecule has 0 fully saturated rings. The lowest BCUT2D eigenvalue weighted by molar-refractivity contribution is 0.208. The van der Waals surface area contributed by atoms with Crippen LogP contribution in [0.3, 0.4) is 0 Å². The first-order valence-electron chi connectivity index (χ1n) is 8.71. The van der Waals surface area contributed by atoms with Crippen LogP contribution in [0, 0.1) is 6.92 Å². The average molecular weight is 365 g/mol. The molecule has 0 aliphatic heterocycles. The van der Waals surface area contributed by atoms with Gasteiger partial charge in [-0.3, -0.25) is 0 Å². The van der Waals surface area contributed by atoms with E-state index in [4.69, 9.17) is 13.9 Å². The number of rotatable bonds is 7. The van der Waals surface area contributed by atoms with Gasteiger partial charge in [-0.05, 0) is 43.7 Å². The van der Waals surface area contributed by atoms with Gasteiger partial charge in [0.25, 0.3) is 0 Å². The van der Waals surface area contributed by atoms with Crippen molar-refractivity contribution in [1.29, 1.82) is 0 Å². The molecule has 0 saturated carbocycles. The quantitative estimate of drug-likeness (QED) is 0.596. The molecule has 140 valence electrons. The number of ether oxygens (including phenoxy) is 2. The fourth-order valence-corrected chi connectivity index (χ4v) is 2.84. The van der Waals surface area contributed by atoms with Crippen molar-refractivity contribution in [3.63, 3.8) is 0 Å². The first-order valence-corrected chi connectivity index (χ1v) is 8.71. The highest BCUT2D eigenvalue weighted by atomic mass is 16.5. The van der Waals surface area contributed by atoms with Crippen molar-refractivity contribution in [2.45, 2.75) is 26.1 Å². The lowest BCUT2D eigenvalue weighted by atomic mass is 10.1. The highest BCUT2D eigenvalue weighted by Crippen LogP contribution is 2.35. The molecule has 0 radical (unpaired) electrons. The molecule has 2 aromatic carbocycles. The number of aliphatic hydroxyl groups is 1. The Morgan fingerprint density at radius 2 is 1.89 bits per heavy atom. The highest BCUT2D eigenvalue weighted by Gasteiger charge is 2.20. The van der Waals surface area contributed by atoms with Crippen LogP contribution in [0.1, 0.15) is 36.1 Å². The molecule has 0 amide bonds. The normalized spacial score (nSPS) is 13.0. The van der Waals surface area contributed by atoms with Crippen molar-refractivity contribution in [2.24, 2.45) is 0 Å². The molecule has 27 heavy (non-hydrogen) atoms. The number of methoxy groups -OCH3 is 1. The summed E-state index contributed by atoms with van der Waals surface area (Å²) in [4.78, 5) is 4.60. The van der Waals surface area contributed by atoms with Crippen LogP contribution in [-0.4, -0.2) is 17.2 Å². The van der Waals surface area contributed by atoms with Gasteiger partial charge in [-0.25, -0.2) is 4.98 Å². The fraction of sp³-hybridized carbons (Fsp3) is 0.227. The zero-order chi connectivity index (χ0) is 19.4. The first kappa shape index (κ1) is 18.7. The monoisotopic (exact) mass is 365 g/mol. The van der Waals surface area contributed by atoms with Gasteiger partial charge in [0.1, 0.15) is 17.6 Å². The van der Waals surface area contributed by atoms with E-state index in [1.165, 1.54) is 6.08 Å². The molecule has 1 N–H and O–H groups in total. The number of hydrogen-bond acceptors (Lipinski definition) is 5. The zero-order valence-corrected chi connectivity index (χ0v) is 15.7. The van der Waals surface area contributed by atoms with Crippen LogP contribution in [0.4, 0.5) is 0 Å². The van der Waals surface area contributed by atoms with Crippen LogP contribution >= 0.6 is 0 Å². The van der Waals surface area contributed by atoms with Gasteiger partial charge in [0.15, 0.2) is 11.5 Å². The van der Waals surface area contributed by atoms with E-state index in [-0.39, 0.29) is 6.10 Å². The molecule has 3 aromatic rings. The van der Waals surface area contributed by atoms with Gasteiger partial charge >= 0.3 is 0 Å². The molecule has 3 rings (SSSR count). The third-order valence-corrected chi connectivity index (χ3v) is 4.29. The highest BCUT2D eigenvalue weighted by molar-refractivity contribution is 5.53. The predicted molar refractivity (Wildman–Crippen MR) is 104 cm³/mol. The van der Waals surface area contributed by atoms with Crippen LogP contribution in [0.5, 0.6) is 11.5 Å². The van der Waals surface area contributed by atoms with Gasteiger partial charge in [0.2, 0.25) is 5.89 Å². The minimum atomic E-state index is -0.753. The molecule has 1 heterocycles. The van der Waals surface area contributed by atoms with E-state index in [0.29, 0.717) is 28.7 Å². The molecule has 1 aromatic heterocycles. The second-order valence-corrected chi connectivity index (χ2v) is 6.18. The standard InChI is InChI=1S/C22H23NO4/c1-5-18(24)17-11-12-19(20(13-17)25-4)26-14(2)21-15(3)27-22(23-21)16-9-7-6-8-10-16/h5-14,18,24H,1H2,2-4H3. The van der Waals surface area contributed by atoms with E-state index in [2.05, 4.69) is 11.6 Å². The molecule has 0 saturated heterocycles. The van der Waals surface area contributed by atoms with Crippen molar-refractivity contribution >= 4 is 0 Å². The van der Waals surface area contributed by atoms with E-state index in [9.17, 15) is 5.11 Å². The molecule has 2 unspecified atom stereocenters. The van der Waals surface area contributed by atoms with E-state index >= 15 is 0 Å². The van der Waals surface area contributed by atoms with Crippen molar-refractivity contribution < 1.29 is 19.0 Å². The van der Waals surface area contributed by atoms with Crippen molar-refractivity contribution in [3.05, 3.63) is 78.2 Å². The second kappa shape index (κ2) is 8.10. The Morgan fingerprint density at radius 3 is 2.56 bits per heavy atom. The maximum atomic E-state index is 9.91. The summed E-state index contributed by atoms with van der Waals surface area (Å²) in [6.07, 6.45) is 0.369. The van der Waals surface area contributed by atoms with Crippen LogP contribution in [0.15, 0.2) is 65.6 Å². The lowest BCUT2D eigenvalue weighted by Crippen LogP contribution is -2.06. The average Bonchev–Trinajstić information content (AvgIpc) is 3.10. The Hall–Kier alpha value is -3.05. The molecule has 0 aliphatic carbocycles. The molecule has 0 spiro atoms. The maximum Gasteiger partial charge on any atom is 0.226 e. The molecular weight excluding hydrogens is 342 g/mol. The summed E-state index contributed by atoms with van der Waals surface area (Å²) < 4.78 is 17.3. The summed E-state index contributed by atoms with van der Waals surface area (Å²) in [6.45, 7) is 7.38. The number of aromatic nitrogens is 1. The van der Waals surface area contributed by atoms with E-state index < -0.39 is 6.10 Å². The number of aliphatic hydroxyl groups excluding tert-OH is 1. The minimum absolute atomic E-state index is 0.338. The summed E-state index contributed by atoms with van der Waals surface area (Å²) in [7, 11) is 1.56. The SMILES string of the molecule is C=CC(O)c1ccc(OC(C)c2nc(-c3ccccc3)oc2C)c(OC)c1. The van der Waals surface area contributed by atoms with Crippen molar-refractivity contribution in [3.8, 4) is 23.0 Å². The molecule has 2 atom stereocenters. The molecule has 5 nitrogen and oxygen atoms in total. The van der Waals surface area contributed by atoms with Crippen LogP contribution in [-0.2, 0) is 0 Å². The molecule has 0 bridgehead atoms. The third kappa shape index (κ3) is 4.04. The molecule has 5 heteroatoms. The van der Waals surface area contributed by atoms with E-state index in [1.54, 1.807) is 25.3 Å². The van der Waals surface area contributed by atoms with E-state index in [1.807, 2.05) is 44.2 Å². The van der Waals surface area contributed by atoms with Gasteiger partial charge in [-0.15, -0.1) is 6.58 Å². The Morgan fingerprint density at radius 1 is 1.15 bits per heavy atom. The van der Waals surface area contributed by atoms with Crippen LogP contribution in [0.2, 0.25) is 0 Å². The third-order valence-electron chi connectivity index (χ3n) is 4.29. The fourth-order valence-electron chi connectivity index (χ4n) is 2.84. The number of oxazole rings is 1. The number of benzene rings is 2. The molecule has 0 aliphatic rings. The van der Waals surface area contributed by atoms with Crippen LogP contribution in [0.25, 0.3) is 11.5 Å². The predicted octanol–water partition coefficient (Wildman–Crippen LogP) is 5.02. The summed E-state index contributed by atoms with van der Waals surface area (Å²) in [5.41, 5.74) is 2.33. The van der Waals surface area contributed by atoms with Gasteiger partial charge in [-0.1, -0.05) is 30.3 Å². The first-order chi connectivity index (χ1) is 13.0. The number of nitrogens with zero attached hydrogens (tertiary/aromatic N) is 1. The van der Waals surface area contributed by atoms with Crippen LogP contribution < -0.4 is 9.47 Å². The smallest absolute Gasteiger partial charge is 0.226 e. The van der Waals surface area contributed by atoms with Crippen molar-refractivity contribution in [1.82, 2.24) is 4.98 Å². The summed E-state index contributed by atoms with van der Waals surface area (Å²) >= 11 is 0. The largest absolute Gasteiger partial charge is 0.493 e. The Kier molecular flexibility index (Phi) is 5.62. The molecular formula is C22H23NO4. The van der Waals surface area contributed by atoms with E-state index in [0.717, 1.165) is 11.3 Å². The van der Waals surface area contributed by atoms with Gasteiger partial charge in [0, 0.05) is 5.56 Å². The maximum absolute atomic E-state index is 9.91. The summed E-state index contributed by atoms with van der Waals surface area (Å²) in [6, 6.07) is 15.0. The Balaban J connectivity index is 1.84. The minimum Gasteiger partial charge on any atom is -0.493 e. The van der Waals surface area contributed by atoms with Gasteiger partial charge < -0.3 is 19.0 Å². The summed E-state index contributed by atoms with van der Waals surface area (Å²) in [5, 5.41) is 9.91. The summed E-state index contributed by atoms with van der Waals surface area (Å²) in [5.74, 6) is 2.37. The number of hydrogen-bond donors (Lipinski definition) is 1. The van der Waals surface area contributed by atoms with Gasteiger partial charge in [-0.2, -0.15) is 0 Å². The zero-order valence-electron chi connectivity index (χ0n) is 15.7. The lowest BCUT2D eigenvalue weighted by Gasteiger charge is -2.17. The second-order valence-electron chi connectivity index (χ2n) is 6.18. The Labute approximate surface area is 158 Å². The van der Waals surface area contributed by atoms with Crippen molar-refractivity contribution in [2.75, 3.05) is 7.11 Å².